The van der Waals surface area contributed by atoms with Crippen LogP contribution in [0.3, 0.4) is 0 Å². The number of rotatable bonds is 12. The Morgan fingerprint density at radius 3 is 2.29 bits per heavy atom. The molecule has 6 N–H and O–H groups in total. The van der Waals surface area contributed by atoms with Crippen LogP contribution in [0.25, 0.3) is 0 Å². The fourth-order valence-corrected chi connectivity index (χ4v) is 2.93. The third-order valence-corrected chi connectivity index (χ3v) is 4.57. The predicted octanol–water partition coefficient (Wildman–Crippen LogP) is -2.59. The van der Waals surface area contributed by atoms with Gasteiger partial charge in [-0.05, 0) is 37.8 Å². The highest BCUT2D eigenvalue weighted by Crippen LogP contribution is 2.07. The maximum atomic E-state index is 12.3. The van der Waals surface area contributed by atoms with Crippen LogP contribution in [0.4, 0.5) is 0 Å². The molecule has 158 valence electrons. The summed E-state index contributed by atoms with van der Waals surface area (Å²) in [4.78, 5) is 58.0. The molecule has 1 aliphatic rings. The number of hydrogen-bond donors (Lipinski definition) is 6. The van der Waals surface area contributed by atoms with E-state index < -0.39 is 42.8 Å². The average molecular weight is 417 g/mol. The largest absolute Gasteiger partial charge is 0.480 e. The van der Waals surface area contributed by atoms with Gasteiger partial charge in [0.15, 0.2) is 0 Å². The first-order valence-corrected chi connectivity index (χ1v) is 10.3. The molecule has 0 spiro atoms. The van der Waals surface area contributed by atoms with Crippen LogP contribution in [0.2, 0.25) is 0 Å². The van der Waals surface area contributed by atoms with Crippen molar-refractivity contribution in [2.45, 2.75) is 31.3 Å². The maximum Gasteiger partial charge on any atom is 0.322 e. The van der Waals surface area contributed by atoms with Crippen molar-refractivity contribution in [2.75, 3.05) is 38.2 Å². The molecule has 1 rings (SSSR count). The molecule has 0 aromatic carbocycles. The minimum Gasteiger partial charge on any atom is -0.480 e. The lowest BCUT2D eigenvalue weighted by Gasteiger charge is -2.20. The molecule has 11 nitrogen and oxygen atoms in total. The van der Waals surface area contributed by atoms with Gasteiger partial charge >= 0.3 is 5.97 Å². The standard InChI is InChI=1S/C16H27N5O6S/c1-28-6-4-11(21-16(27)10-3-2-5-17-10)15(26)20-8-13(23)18-7-12(22)19-9-14(24)25/h10-11,17H,2-9H2,1H3,(H,18,23)(H,19,22)(H,20,26)(H,21,27)(H,24,25). The van der Waals surface area contributed by atoms with Crippen molar-refractivity contribution in [3.05, 3.63) is 0 Å². The van der Waals surface area contributed by atoms with E-state index in [0.717, 1.165) is 19.4 Å². The van der Waals surface area contributed by atoms with Gasteiger partial charge < -0.3 is 31.7 Å². The summed E-state index contributed by atoms with van der Waals surface area (Å²) in [5.74, 6) is -2.52. The van der Waals surface area contributed by atoms with Crippen molar-refractivity contribution in [2.24, 2.45) is 0 Å². The molecule has 0 radical (unpaired) electrons. The summed E-state index contributed by atoms with van der Waals surface area (Å²) in [6.45, 7) is -0.543. The lowest BCUT2D eigenvalue weighted by molar-refractivity contribution is -0.137. The molecule has 4 amide bonds. The van der Waals surface area contributed by atoms with Crippen LogP contribution < -0.4 is 26.6 Å². The molecular weight excluding hydrogens is 390 g/mol. The van der Waals surface area contributed by atoms with E-state index in [9.17, 15) is 24.0 Å². The van der Waals surface area contributed by atoms with Crippen molar-refractivity contribution in [3.63, 3.8) is 0 Å². The molecule has 1 heterocycles. The molecular formula is C16H27N5O6S. The van der Waals surface area contributed by atoms with Gasteiger partial charge in [-0.3, -0.25) is 24.0 Å². The highest BCUT2D eigenvalue weighted by atomic mass is 32.2. The Balaban J connectivity index is 2.39. The number of aliphatic carboxylic acids is 1. The van der Waals surface area contributed by atoms with Gasteiger partial charge in [0.1, 0.15) is 12.6 Å². The summed E-state index contributed by atoms with van der Waals surface area (Å²) in [6.07, 6.45) is 3.93. The minimum atomic E-state index is -1.20. The SMILES string of the molecule is CSCCC(NC(=O)C1CCCN1)C(=O)NCC(=O)NCC(=O)NCC(=O)O. The fraction of sp³-hybridized carbons (Fsp3) is 0.688. The summed E-state index contributed by atoms with van der Waals surface area (Å²) in [7, 11) is 0. The molecule has 0 saturated carbocycles. The van der Waals surface area contributed by atoms with Crippen LogP contribution in [0.1, 0.15) is 19.3 Å². The summed E-state index contributed by atoms with van der Waals surface area (Å²) < 4.78 is 0. The molecule has 28 heavy (non-hydrogen) atoms. The van der Waals surface area contributed by atoms with Crippen LogP contribution in [-0.4, -0.2) is 85.0 Å². The van der Waals surface area contributed by atoms with Crippen LogP contribution in [0.15, 0.2) is 0 Å². The number of hydrogen-bond acceptors (Lipinski definition) is 7. The van der Waals surface area contributed by atoms with Crippen LogP contribution in [0.5, 0.6) is 0 Å². The second-order valence-electron chi connectivity index (χ2n) is 6.16. The van der Waals surface area contributed by atoms with Gasteiger partial charge in [0, 0.05) is 0 Å². The third-order valence-electron chi connectivity index (χ3n) is 3.93. The predicted molar refractivity (Wildman–Crippen MR) is 103 cm³/mol. The van der Waals surface area contributed by atoms with E-state index in [4.69, 9.17) is 5.11 Å². The van der Waals surface area contributed by atoms with E-state index in [1.165, 1.54) is 11.8 Å². The summed E-state index contributed by atoms with van der Waals surface area (Å²) in [6, 6.07) is -1.06. The number of carbonyl (C=O) groups is 5. The van der Waals surface area contributed by atoms with Crippen molar-refractivity contribution in [1.29, 1.82) is 0 Å². The van der Waals surface area contributed by atoms with Gasteiger partial charge in [-0.1, -0.05) is 0 Å². The third kappa shape index (κ3) is 9.55. The smallest absolute Gasteiger partial charge is 0.322 e. The second-order valence-corrected chi connectivity index (χ2v) is 7.14. The molecule has 1 saturated heterocycles. The van der Waals surface area contributed by atoms with E-state index in [1.807, 2.05) is 6.26 Å². The lowest BCUT2D eigenvalue weighted by atomic mass is 10.1. The zero-order chi connectivity index (χ0) is 20.9. The topological polar surface area (TPSA) is 166 Å². The second kappa shape index (κ2) is 12.9. The molecule has 2 unspecified atom stereocenters. The zero-order valence-electron chi connectivity index (χ0n) is 15.7. The maximum absolute atomic E-state index is 12.3. The van der Waals surface area contributed by atoms with Crippen molar-refractivity contribution in [3.8, 4) is 0 Å². The molecule has 1 aliphatic heterocycles. The van der Waals surface area contributed by atoms with Gasteiger partial charge in [-0.2, -0.15) is 11.8 Å². The number of carboxylic acid groups (broad SMARTS) is 1. The summed E-state index contributed by atoms with van der Waals surface area (Å²) in [5, 5.41) is 21.0. The minimum absolute atomic E-state index is 0.238. The Kier molecular flexibility index (Phi) is 11.0. The summed E-state index contributed by atoms with van der Waals surface area (Å²) in [5.41, 5.74) is 0. The van der Waals surface area contributed by atoms with Crippen LogP contribution in [-0.2, 0) is 24.0 Å². The molecule has 0 bridgehead atoms. The van der Waals surface area contributed by atoms with Crippen molar-refractivity contribution in [1.82, 2.24) is 26.6 Å². The van der Waals surface area contributed by atoms with E-state index in [0.29, 0.717) is 12.2 Å². The molecule has 1 fully saturated rings. The molecule has 2 atom stereocenters. The number of nitrogens with one attached hydrogen (secondary N) is 5. The Hall–Kier alpha value is -2.34. The molecule has 12 heteroatoms. The number of carboxylic acids is 1. The lowest BCUT2D eigenvalue weighted by Crippen LogP contribution is -2.53. The first kappa shape index (κ1) is 23.7. The normalized spacial score (nSPS) is 16.7. The zero-order valence-corrected chi connectivity index (χ0v) is 16.5. The Morgan fingerprint density at radius 2 is 1.71 bits per heavy atom. The number of carbonyl (C=O) groups excluding carboxylic acids is 4. The van der Waals surface area contributed by atoms with Gasteiger partial charge in [-0.15, -0.1) is 0 Å². The van der Waals surface area contributed by atoms with E-state index in [1.54, 1.807) is 0 Å². The molecule has 0 aliphatic carbocycles. The Bertz CT molecular complexity index is 582. The molecule has 0 aromatic heterocycles. The van der Waals surface area contributed by atoms with E-state index in [-0.39, 0.29) is 18.5 Å². The first-order chi connectivity index (χ1) is 13.3. The monoisotopic (exact) mass is 417 g/mol. The van der Waals surface area contributed by atoms with Crippen molar-refractivity contribution < 1.29 is 29.1 Å². The van der Waals surface area contributed by atoms with Gasteiger partial charge in [0.2, 0.25) is 23.6 Å². The van der Waals surface area contributed by atoms with E-state index in [2.05, 4.69) is 26.6 Å². The van der Waals surface area contributed by atoms with Gasteiger partial charge in [0.25, 0.3) is 0 Å². The highest BCUT2D eigenvalue weighted by Gasteiger charge is 2.27. The van der Waals surface area contributed by atoms with E-state index >= 15 is 0 Å². The Morgan fingerprint density at radius 1 is 1.07 bits per heavy atom. The number of thioether (sulfide) groups is 1. The first-order valence-electron chi connectivity index (χ1n) is 8.89. The number of amides is 4. The van der Waals surface area contributed by atoms with Crippen LogP contribution >= 0.6 is 11.8 Å². The summed E-state index contributed by atoms with van der Waals surface area (Å²) >= 11 is 1.54. The fourth-order valence-electron chi connectivity index (χ4n) is 2.45. The quantitative estimate of drug-likeness (QED) is 0.201. The molecule has 0 aromatic rings. The van der Waals surface area contributed by atoms with Gasteiger partial charge in [-0.25, -0.2) is 0 Å². The van der Waals surface area contributed by atoms with Crippen molar-refractivity contribution >= 4 is 41.4 Å². The highest BCUT2D eigenvalue weighted by molar-refractivity contribution is 7.98. The van der Waals surface area contributed by atoms with Gasteiger partial charge in [0.05, 0.1) is 19.1 Å². The van der Waals surface area contributed by atoms with Crippen LogP contribution in [0, 0.1) is 0 Å². The average Bonchev–Trinajstić information content (AvgIpc) is 3.20. The Labute approximate surface area is 167 Å².